The summed E-state index contributed by atoms with van der Waals surface area (Å²) in [4.78, 5) is 2.19. The van der Waals surface area contributed by atoms with Crippen molar-refractivity contribution in [2.75, 3.05) is 19.0 Å². The zero-order chi connectivity index (χ0) is 15.1. The molecule has 0 N–H and O–H groups in total. The maximum atomic E-state index is 9.75. The smallest absolute Gasteiger partial charge is 0.418 e. The molecule has 1 heterocycles. The fourth-order valence-electron chi connectivity index (χ4n) is 1.78. The van der Waals surface area contributed by atoms with E-state index in [1.54, 1.807) is 0 Å². The number of rotatable bonds is 4. The van der Waals surface area contributed by atoms with Crippen LogP contribution in [-0.2, 0) is 6.54 Å². The molecule has 1 aromatic rings. The van der Waals surface area contributed by atoms with Crippen LogP contribution in [0.1, 0.15) is 25.3 Å². The lowest BCUT2D eigenvalue weighted by atomic mass is 10.2. The molecule has 1 rings (SSSR count). The van der Waals surface area contributed by atoms with Gasteiger partial charge in [-0.2, -0.15) is 0 Å². The third-order valence-corrected chi connectivity index (χ3v) is 2.41. The molecule has 7 heteroatoms. The van der Waals surface area contributed by atoms with Crippen LogP contribution >= 0.6 is 0 Å². The Hall–Kier alpha value is -1.27. The first-order valence-electron chi connectivity index (χ1n) is 6.20. The van der Waals surface area contributed by atoms with Gasteiger partial charge in [0, 0.05) is 5.56 Å². The van der Waals surface area contributed by atoms with Crippen molar-refractivity contribution in [1.29, 1.82) is 0 Å². The summed E-state index contributed by atoms with van der Waals surface area (Å²) in [5.74, 6) is 1.32. The Labute approximate surface area is 112 Å². The Bertz CT molecular complexity index is 374. The number of halogens is 4. The lowest BCUT2D eigenvalue weighted by Crippen LogP contribution is -2.40. The molecule has 0 saturated carbocycles. The number of hydrogen-bond donors (Lipinski definition) is 0. The average molecular weight is 280 g/mol. The molecule has 2 nitrogen and oxygen atoms in total. The molecule has 0 amide bonds. The fraction of sp³-hybridized carbons (Fsp3) is 0.583. The van der Waals surface area contributed by atoms with Crippen LogP contribution in [0.15, 0.2) is 18.3 Å². The minimum absolute atomic E-state index is 1.12. The number of pyridine rings is 1. The van der Waals surface area contributed by atoms with Crippen molar-refractivity contribution < 1.29 is 21.8 Å². The summed E-state index contributed by atoms with van der Waals surface area (Å²) in [7, 11) is -1.80. The SMILES string of the molecule is CCCC[n+]1cccc(C)c1N(C)C.F[B-](F)(F)F. The van der Waals surface area contributed by atoms with Crippen LogP contribution in [-0.4, -0.2) is 21.3 Å². The van der Waals surface area contributed by atoms with E-state index in [2.05, 4.69) is 55.7 Å². The van der Waals surface area contributed by atoms with Gasteiger partial charge in [0.25, 0.3) is 5.82 Å². The predicted octanol–water partition coefficient (Wildman–Crippen LogP) is 3.45. The highest BCUT2D eigenvalue weighted by molar-refractivity contribution is 6.50. The second kappa shape index (κ2) is 8.02. The van der Waals surface area contributed by atoms with E-state index < -0.39 is 7.25 Å². The Morgan fingerprint density at radius 3 is 2.16 bits per heavy atom. The topological polar surface area (TPSA) is 7.12 Å². The van der Waals surface area contributed by atoms with Gasteiger partial charge in [0.2, 0.25) is 0 Å². The minimum Gasteiger partial charge on any atom is -0.418 e. The van der Waals surface area contributed by atoms with Crippen LogP contribution in [0.4, 0.5) is 23.1 Å². The van der Waals surface area contributed by atoms with Gasteiger partial charge in [-0.25, -0.2) is 4.57 Å². The summed E-state index contributed by atoms with van der Waals surface area (Å²) in [5, 5.41) is 0. The molecule has 0 aromatic carbocycles. The average Bonchev–Trinajstić information content (AvgIpc) is 2.23. The summed E-state index contributed by atoms with van der Waals surface area (Å²) < 4.78 is 41.3. The van der Waals surface area contributed by atoms with Crippen LogP contribution < -0.4 is 9.47 Å². The monoisotopic (exact) mass is 280 g/mol. The highest BCUT2D eigenvalue weighted by Crippen LogP contribution is 2.11. The molecule has 0 radical (unpaired) electrons. The molecule has 0 bridgehead atoms. The van der Waals surface area contributed by atoms with Crippen molar-refractivity contribution in [3.05, 3.63) is 23.9 Å². The Morgan fingerprint density at radius 2 is 1.74 bits per heavy atom. The maximum absolute atomic E-state index is 9.75. The third-order valence-electron chi connectivity index (χ3n) is 2.41. The van der Waals surface area contributed by atoms with E-state index in [4.69, 9.17) is 0 Å². The van der Waals surface area contributed by atoms with E-state index in [0.29, 0.717) is 0 Å². The molecular weight excluding hydrogens is 259 g/mol. The normalized spacial score (nSPS) is 10.7. The molecule has 0 fully saturated rings. The van der Waals surface area contributed by atoms with Crippen LogP contribution in [0.3, 0.4) is 0 Å². The molecule has 0 aliphatic rings. The van der Waals surface area contributed by atoms with Gasteiger partial charge in [-0.3, -0.25) is 4.90 Å². The van der Waals surface area contributed by atoms with Gasteiger partial charge in [-0.15, -0.1) is 0 Å². The first-order valence-corrected chi connectivity index (χ1v) is 6.20. The Kier molecular flexibility index (Phi) is 7.48. The summed E-state index contributed by atoms with van der Waals surface area (Å²) in [5.41, 5.74) is 1.34. The number of aryl methyl sites for hydroxylation is 2. The first kappa shape index (κ1) is 17.7. The van der Waals surface area contributed by atoms with Gasteiger partial charge < -0.3 is 17.3 Å². The van der Waals surface area contributed by atoms with Gasteiger partial charge in [-0.1, -0.05) is 13.3 Å². The standard InChI is InChI=1S/C12H21N2.BF4/c1-5-6-9-14-10-7-8-11(2)12(14)13(3)4;2-1(3,4)5/h7-8,10H,5-6,9H2,1-4H3;/q+1;-1. The molecular formula is C12H21BF4N2. The van der Waals surface area contributed by atoms with Gasteiger partial charge in [0.1, 0.15) is 0 Å². The summed E-state index contributed by atoms with van der Waals surface area (Å²) in [6.45, 7) is 5.51. The summed E-state index contributed by atoms with van der Waals surface area (Å²) in [6, 6.07) is 4.29. The molecule has 0 atom stereocenters. The highest BCUT2D eigenvalue weighted by atomic mass is 19.5. The Morgan fingerprint density at radius 1 is 1.21 bits per heavy atom. The number of aromatic nitrogens is 1. The van der Waals surface area contributed by atoms with E-state index in [0.717, 1.165) is 6.54 Å². The zero-order valence-electron chi connectivity index (χ0n) is 11.8. The van der Waals surface area contributed by atoms with Gasteiger partial charge in [-0.05, 0) is 25.5 Å². The van der Waals surface area contributed by atoms with Crippen molar-refractivity contribution >= 4 is 13.1 Å². The van der Waals surface area contributed by atoms with Crippen LogP contribution in [0.25, 0.3) is 0 Å². The number of unbranched alkanes of at least 4 members (excludes halogenated alkanes) is 1. The van der Waals surface area contributed by atoms with Gasteiger partial charge in [0.15, 0.2) is 0 Å². The van der Waals surface area contributed by atoms with Crippen molar-refractivity contribution in [2.24, 2.45) is 0 Å². The quantitative estimate of drug-likeness (QED) is 0.465. The molecule has 0 spiro atoms. The van der Waals surface area contributed by atoms with Crippen molar-refractivity contribution in [1.82, 2.24) is 0 Å². The second-order valence-electron chi connectivity index (χ2n) is 4.45. The molecule has 110 valence electrons. The van der Waals surface area contributed by atoms with Crippen LogP contribution in [0.2, 0.25) is 0 Å². The molecule has 0 aliphatic heterocycles. The number of nitrogens with zero attached hydrogens (tertiary/aromatic N) is 2. The second-order valence-corrected chi connectivity index (χ2v) is 4.45. The summed E-state index contributed by atoms with van der Waals surface area (Å²) in [6.07, 6.45) is 4.65. The molecule has 0 unspecified atom stereocenters. The number of anilines is 1. The Balaban J connectivity index is 0.000000555. The number of hydrogen-bond acceptors (Lipinski definition) is 1. The van der Waals surface area contributed by atoms with Crippen molar-refractivity contribution in [2.45, 2.75) is 33.2 Å². The predicted molar refractivity (Wildman–Crippen MR) is 70.8 cm³/mol. The van der Waals surface area contributed by atoms with E-state index in [1.807, 2.05) is 0 Å². The van der Waals surface area contributed by atoms with Crippen molar-refractivity contribution in [3.8, 4) is 0 Å². The third kappa shape index (κ3) is 8.45. The van der Waals surface area contributed by atoms with Crippen molar-refractivity contribution in [3.63, 3.8) is 0 Å². The van der Waals surface area contributed by atoms with Gasteiger partial charge in [0.05, 0.1) is 26.8 Å². The van der Waals surface area contributed by atoms with E-state index >= 15 is 0 Å². The first-order chi connectivity index (χ1) is 8.66. The lowest BCUT2D eigenvalue weighted by molar-refractivity contribution is -0.685. The lowest BCUT2D eigenvalue weighted by Gasteiger charge is -2.12. The molecule has 0 saturated heterocycles. The van der Waals surface area contributed by atoms with E-state index in [9.17, 15) is 17.3 Å². The molecule has 19 heavy (non-hydrogen) atoms. The molecule has 1 aromatic heterocycles. The molecule has 0 aliphatic carbocycles. The van der Waals surface area contributed by atoms with Gasteiger partial charge >= 0.3 is 7.25 Å². The highest BCUT2D eigenvalue weighted by Gasteiger charge is 2.20. The summed E-state index contributed by atoms with van der Waals surface area (Å²) >= 11 is 0. The maximum Gasteiger partial charge on any atom is 0.673 e. The van der Waals surface area contributed by atoms with Crippen LogP contribution in [0, 0.1) is 6.92 Å². The minimum atomic E-state index is -6.00. The zero-order valence-corrected chi connectivity index (χ0v) is 11.8. The van der Waals surface area contributed by atoms with Crippen LogP contribution in [0.5, 0.6) is 0 Å². The van der Waals surface area contributed by atoms with E-state index in [1.165, 1.54) is 24.2 Å². The van der Waals surface area contributed by atoms with E-state index in [-0.39, 0.29) is 0 Å². The largest absolute Gasteiger partial charge is 0.673 e. The fourth-order valence-corrected chi connectivity index (χ4v) is 1.78.